The van der Waals surface area contributed by atoms with Crippen LogP contribution >= 0.6 is 34.0 Å². The molecule has 0 atom stereocenters. The highest BCUT2D eigenvalue weighted by molar-refractivity contribution is 7.10. The second-order valence-corrected chi connectivity index (χ2v) is 30.0. The molecule has 0 saturated carbocycles. The minimum absolute atomic E-state index is 1.12. The van der Waals surface area contributed by atoms with Crippen LogP contribution in [0.4, 0.5) is 0 Å². The highest BCUT2D eigenvalue weighted by Gasteiger charge is 2.08. The van der Waals surface area contributed by atoms with Gasteiger partial charge in [0.25, 0.3) is 0 Å². The third-order valence-electron chi connectivity index (χ3n) is 19.9. The molecule has 0 N–H and O–H groups in total. The first kappa shape index (κ1) is 108. The van der Waals surface area contributed by atoms with Crippen molar-refractivity contribution in [2.75, 3.05) is 0 Å². The zero-order chi connectivity index (χ0) is 86.2. The molecule has 0 bridgehead atoms. The average molecular weight is 1560 g/mol. The lowest BCUT2D eigenvalue weighted by molar-refractivity contribution is 0.730. The van der Waals surface area contributed by atoms with Crippen LogP contribution in [0.3, 0.4) is 0 Å². The summed E-state index contributed by atoms with van der Waals surface area (Å²) >= 11 is 5.47. The van der Waals surface area contributed by atoms with E-state index >= 15 is 0 Å². The van der Waals surface area contributed by atoms with Gasteiger partial charge in [0.05, 0.1) is 22.8 Å². The summed E-state index contributed by atoms with van der Waals surface area (Å²) in [6.45, 7) is 83.4. The van der Waals surface area contributed by atoms with Gasteiger partial charge in [-0.1, -0.05) is 123 Å². The number of hydrogen-bond donors (Lipinski definition) is 0. The summed E-state index contributed by atoms with van der Waals surface area (Å²) in [6.07, 6.45) is 4.76. The van der Waals surface area contributed by atoms with Crippen molar-refractivity contribution in [2.24, 2.45) is 35.2 Å². The topological polar surface area (TPSA) is 102 Å². The highest BCUT2D eigenvalue weighted by Crippen LogP contribution is 2.21. The zero-order valence-corrected chi connectivity index (χ0v) is 80.7. The van der Waals surface area contributed by atoms with Crippen molar-refractivity contribution in [2.45, 2.75) is 283 Å². The predicted octanol–water partition coefficient (Wildman–Crippen LogP) is 27.7. The molecule has 0 fully saturated rings. The number of hydrogen-bond acceptors (Lipinski definition) is 9. The Morgan fingerprint density at radius 1 is 0.255 bits per heavy atom. The molecule has 12 aromatic rings. The normalized spacial score (nSPS) is 9.35. The van der Waals surface area contributed by atoms with Gasteiger partial charge in [-0.2, -0.15) is 20.4 Å². The summed E-state index contributed by atoms with van der Waals surface area (Å²) in [5, 5.41) is 23.4. The Labute approximate surface area is 686 Å². The molecular weight excluding hydrogens is 1400 g/mol. The zero-order valence-electron chi connectivity index (χ0n) is 78.2. The first-order valence-corrected chi connectivity index (χ1v) is 42.0. The van der Waals surface area contributed by atoms with E-state index in [9.17, 15) is 0 Å². The van der Waals surface area contributed by atoms with Crippen LogP contribution in [0.1, 0.15) is 240 Å². The van der Waals surface area contributed by atoms with Crippen LogP contribution in [0.2, 0.25) is 0 Å². The van der Waals surface area contributed by atoms with Crippen molar-refractivity contribution in [3.05, 3.63) is 285 Å². The van der Waals surface area contributed by atoms with E-state index in [0.29, 0.717) is 0 Å². The first-order valence-electron chi connectivity index (χ1n) is 39.4. The molecule has 0 saturated heterocycles. The molecule has 12 rings (SSSR count). The maximum atomic E-state index is 4.23. The minimum atomic E-state index is 1.12. The molecule has 2 aromatic carbocycles. The summed E-state index contributed by atoms with van der Waals surface area (Å²) in [5.74, 6) is 0. The second kappa shape index (κ2) is 58.8. The Morgan fingerprint density at radius 2 is 0.527 bits per heavy atom. The van der Waals surface area contributed by atoms with Gasteiger partial charge in [-0.3, -0.25) is 28.7 Å². The van der Waals surface area contributed by atoms with Crippen molar-refractivity contribution in [1.29, 1.82) is 0 Å². The SMILES string of the molecule is CC.CC.CC.CC.CCc1ccccc1C.Cc1c(C)c(C)n(C)c1C.Cc1ccccc1C.Cc1cccnc1C.Cc1cccnc1C.Cc1ccsc1C.Cc1csc(C)c1C.Cc1csc(C)c1C.Cc1nn(C)c(C)c1C.Cc1nn(C)c(C)c1C.Cc1nn(C)c(C)c1C.Cc1nn(C)c(C)c1C. The Balaban J connectivity index is -0.000000553. The molecule has 0 amide bonds. The monoisotopic (exact) mass is 1560 g/mol. The van der Waals surface area contributed by atoms with E-state index in [2.05, 4.69) is 305 Å². The van der Waals surface area contributed by atoms with Gasteiger partial charge in [0.2, 0.25) is 0 Å². The van der Waals surface area contributed by atoms with E-state index in [4.69, 9.17) is 0 Å². The van der Waals surface area contributed by atoms with Gasteiger partial charge in [-0.15, -0.1) is 34.0 Å². The van der Waals surface area contributed by atoms with Gasteiger partial charge in [-0.25, -0.2) is 0 Å². The summed E-state index contributed by atoms with van der Waals surface area (Å²) < 4.78 is 9.87. The lowest BCUT2D eigenvalue weighted by atomic mass is 10.1. The smallest absolute Gasteiger partial charge is 0.0625 e. The van der Waals surface area contributed by atoms with Crippen LogP contribution in [0.25, 0.3) is 0 Å². The van der Waals surface area contributed by atoms with Gasteiger partial charge in [0.15, 0.2) is 0 Å². The standard InChI is InChI=1S/C9H15N.C9H12.C8H10.4C7H12N2.2C7H9N.2C7H10S.C6H8S.4C2H6/c1-6-7(2)9(4)10(5)8(6)3;1-3-9-7-5-4-6-8(9)2;1-7-5-3-4-6-8(7)2;4*1-5-6(2)8-9(4)7(5)3;2*1-6-4-3-5-8-7(6)2;2*1-5-4-8-7(3)6(5)2;1-5-3-4-7-6(5)2;4*1-2/h1-5H3;4-7H,3H2,1-2H3;3-6H,1-2H3;4*1-4H3;2*3-5H,1-2H3;2*4H,1-3H3;3-4H,1-2H3;4*1-2H3. The van der Waals surface area contributed by atoms with E-state index in [0.717, 1.165) is 40.6 Å². The summed E-state index contributed by atoms with van der Waals surface area (Å²) in [7, 11) is 9.99. The number of thiophene rings is 3. The molecule has 11 nitrogen and oxygen atoms in total. The molecule has 14 heteroatoms. The molecule has 10 aromatic heterocycles. The van der Waals surface area contributed by atoms with Crippen LogP contribution in [0, 0.1) is 215 Å². The summed E-state index contributed by atoms with van der Waals surface area (Å²) in [6, 6.07) is 27.0. The lowest BCUT2D eigenvalue weighted by Gasteiger charge is -1.98. The molecule has 0 aliphatic rings. The van der Waals surface area contributed by atoms with Crippen LogP contribution in [-0.2, 0) is 41.7 Å². The molecule has 10 heterocycles. The maximum Gasteiger partial charge on any atom is 0.0625 e. The van der Waals surface area contributed by atoms with Crippen molar-refractivity contribution >= 4 is 34.0 Å². The van der Waals surface area contributed by atoms with Crippen molar-refractivity contribution in [3.63, 3.8) is 0 Å². The Bertz CT molecular complexity index is 3790. The van der Waals surface area contributed by atoms with E-state index in [1.807, 2.05) is 191 Å². The van der Waals surface area contributed by atoms with Gasteiger partial charge in [-0.05, 0) is 350 Å². The molecule has 0 aliphatic heterocycles. The van der Waals surface area contributed by atoms with Gasteiger partial charge in [0, 0.05) is 108 Å². The van der Waals surface area contributed by atoms with Gasteiger partial charge < -0.3 is 4.57 Å². The Morgan fingerprint density at radius 3 is 0.636 bits per heavy atom. The number of benzene rings is 2. The van der Waals surface area contributed by atoms with Crippen LogP contribution in [-0.4, -0.2) is 53.7 Å². The molecule has 0 radical (unpaired) electrons. The largest absolute Gasteiger partial charge is 0.352 e. The van der Waals surface area contributed by atoms with E-state index in [1.165, 1.54) is 143 Å². The average Bonchev–Trinajstić information content (AvgIpc) is 1.68. The Kier molecular flexibility index (Phi) is 57.9. The fourth-order valence-electron chi connectivity index (χ4n) is 9.32. The molecule has 0 unspecified atom stereocenters. The number of nitrogens with zero attached hydrogens (tertiary/aromatic N) is 11. The number of pyridine rings is 2. The van der Waals surface area contributed by atoms with Gasteiger partial charge in [0.1, 0.15) is 0 Å². The molecule has 612 valence electrons. The highest BCUT2D eigenvalue weighted by atomic mass is 32.1. The fourth-order valence-corrected chi connectivity index (χ4v) is 11.8. The number of aromatic nitrogens is 11. The van der Waals surface area contributed by atoms with Crippen LogP contribution in [0.5, 0.6) is 0 Å². The first-order chi connectivity index (χ1) is 51.5. The van der Waals surface area contributed by atoms with Crippen LogP contribution < -0.4 is 0 Å². The second-order valence-electron chi connectivity index (χ2n) is 26.7. The summed E-state index contributed by atoms with van der Waals surface area (Å²) in [4.78, 5) is 12.5. The molecular formula is C96H155N11S3. The molecule has 0 spiro atoms. The van der Waals surface area contributed by atoms with Crippen molar-refractivity contribution in [1.82, 2.24) is 53.7 Å². The van der Waals surface area contributed by atoms with E-state index < -0.39 is 0 Å². The fraction of sp³-hybridized carbons (Fsp3) is 0.479. The predicted molar refractivity (Wildman–Crippen MR) is 494 cm³/mol. The third kappa shape index (κ3) is 39.2. The third-order valence-corrected chi connectivity index (χ3v) is 23.1. The Hall–Kier alpha value is -8.04. The van der Waals surface area contributed by atoms with Gasteiger partial charge >= 0.3 is 0 Å². The quantitative estimate of drug-likeness (QED) is 0.162. The molecule has 0 aliphatic carbocycles. The molecule has 110 heavy (non-hydrogen) atoms. The lowest BCUT2D eigenvalue weighted by Crippen LogP contribution is -1.92. The van der Waals surface area contributed by atoms with E-state index in [1.54, 1.807) is 11.3 Å². The van der Waals surface area contributed by atoms with Crippen molar-refractivity contribution in [3.8, 4) is 0 Å². The number of rotatable bonds is 1. The maximum absolute atomic E-state index is 4.23. The van der Waals surface area contributed by atoms with E-state index in [-0.39, 0.29) is 0 Å². The minimum Gasteiger partial charge on any atom is -0.352 e. The van der Waals surface area contributed by atoms with Crippen molar-refractivity contribution < 1.29 is 0 Å². The summed E-state index contributed by atoms with van der Waals surface area (Å²) in [5.41, 5.74) is 37.9. The van der Waals surface area contributed by atoms with Crippen LogP contribution in [0.15, 0.2) is 107 Å². The number of aryl methyl sites for hydroxylation is 22.